The summed E-state index contributed by atoms with van der Waals surface area (Å²) < 4.78 is 0. The molecule has 1 heterocycles. The summed E-state index contributed by atoms with van der Waals surface area (Å²) in [7, 11) is 0. The summed E-state index contributed by atoms with van der Waals surface area (Å²) in [4.78, 5) is 13.4. The molecule has 0 N–H and O–H groups in total. The van der Waals surface area contributed by atoms with Crippen molar-refractivity contribution in [2.24, 2.45) is 0 Å². The van der Waals surface area contributed by atoms with Gasteiger partial charge in [0, 0.05) is 11.9 Å². The third kappa shape index (κ3) is 3.42. The molecule has 2 aromatic rings. The number of aldehydes is 1. The van der Waals surface area contributed by atoms with Crippen molar-refractivity contribution in [3.63, 3.8) is 0 Å². The lowest BCUT2D eigenvalue weighted by molar-refractivity contribution is -0.108. The second-order valence-electron chi connectivity index (χ2n) is 5.74. The maximum Gasteiger partial charge on any atom is 0.146 e. The topological polar surface area (TPSA) is 20.3 Å². The molecule has 23 heavy (non-hydrogen) atoms. The summed E-state index contributed by atoms with van der Waals surface area (Å²) in [6, 6.07) is 16.8. The molecule has 116 valence electrons. The van der Waals surface area contributed by atoms with Crippen molar-refractivity contribution in [2.45, 2.75) is 25.8 Å². The van der Waals surface area contributed by atoms with Gasteiger partial charge >= 0.3 is 0 Å². The monoisotopic (exact) mass is 303 g/mol. The number of hydrogen-bond acceptors (Lipinski definition) is 2. The first-order valence-corrected chi connectivity index (χ1v) is 8.06. The van der Waals surface area contributed by atoms with Crippen LogP contribution in [-0.4, -0.2) is 12.3 Å². The van der Waals surface area contributed by atoms with E-state index in [9.17, 15) is 4.79 Å². The van der Waals surface area contributed by atoms with Crippen molar-refractivity contribution >= 4 is 12.0 Å². The summed E-state index contributed by atoms with van der Waals surface area (Å²) in [5.74, 6) is 0. The van der Waals surface area contributed by atoms with Crippen molar-refractivity contribution < 1.29 is 4.79 Å². The van der Waals surface area contributed by atoms with Crippen molar-refractivity contribution in [3.8, 4) is 0 Å². The SMILES string of the molecule is CCc1cc(Cc2ccccc2)ccc1N1C=CC=CC1C=O. The maximum absolute atomic E-state index is 11.3. The van der Waals surface area contributed by atoms with Gasteiger partial charge in [-0.2, -0.15) is 0 Å². The van der Waals surface area contributed by atoms with E-state index in [2.05, 4.69) is 49.4 Å². The zero-order valence-corrected chi connectivity index (χ0v) is 13.4. The van der Waals surface area contributed by atoms with E-state index in [-0.39, 0.29) is 6.04 Å². The molecule has 1 aliphatic rings. The molecular weight excluding hydrogens is 282 g/mol. The number of rotatable bonds is 5. The molecule has 0 fully saturated rings. The van der Waals surface area contributed by atoms with Crippen LogP contribution in [0.15, 0.2) is 73.0 Å². The molecular formula is C21H21NO. The quantitative estimate of drug-likeness (QED) is 0.768. The highest BCUT2D eigenvalue weighted by Crippen LogP contribution is 2.27. The fraction of sp³-hybridized carbons (Fsp3) is 0.190. The van der Waals surface area contributed by atoms with Gasteiger partial charge in [-0.1, -0.05) is 61.5 Å². The smallest absolute Gasteiger partial charge is 0.146 e. The molecule has 3 rings (SSSR count). The fourth-order valence-corrected chi connectivity index (χ4v) is 2.98. The fourth-order valence-electron chi connectivity index (χ4n) is 2.98. The Morgan fingerprint density at radius 2 is 1.87 bits per heavy atom. The van der Waals surface area contributed by atoms with Crippen LogP contribution < -0.4 is 4.90 Å². The van der Waals surface area contributed by atoms with Gasteiger partial charge in [-0.15, -0.1) is 0 Å². The van der Waals surface area contributed by atoms with Gasteiger partial charge in [0.15, 0.2) is 0 Å². The summed E-state index contributed by atoms with van der Waals surface area (Å²) in [6.45, 7) is 2.16. The molecule has 2 aromatic carbocycles. The minimum Gasteiger partial charge on any atom is -0.334 e. The Morgan fingerprint density at radius 1 is 1.04 bits per heavy atom. The molecule has 0 radical (unpaired) electrons. The standard InChI is InChI=1S/C21H21NO/c1-2-19-15-18(14-17-8-4-3-5-9-17)11-12-21(19)22-13-7-6-10-20(22)16-23/h3-13,15-16,20H,2,14H2,1H3. The van der Waals surface area contributed by atoms with E-state index in [0.29, 0.717) is 0 Å². The maximum atomic E-state index is 11.3. The van der Waals surface area contributed by atoms with Gasteiger partial charge in [-0.05, 0) is 41.7 Å². The van der Waals surface area contributed by atoms with Gasteiger partial charge < -0.3 is 9.69 Å². The molecule has 2 heteroatoms. The summed E-state index contributed by atoms with van der Waals surface area (Å²) >= 11 is 0. The molecule has 0 bridgehead atoms. The predicted molar refractivity (Wildman–Crippen MR) is 95.7 cm³/mol. The van der Waals surface area contributed by atoms with Gasteiger partial charge in [-0.3, -0.25) is 0 Å². The molecule has 1 aliphatic heterocycles. The van der Waals surface area contributed by atoms with Gasteiger partial charge in [-0.25, -0.2) is 0 Å². The van der Waals surface area contributed by atoms with E-state index < -0.39 is 0 Å². The van der Waals surface area contributed by atoms with E-state index in [1.807, 2.05) is 35.4 Å². The number of nitrogens with zero attached hydrogens (tertiary/aromatic N) is 1. The average Bonchev–Trinajstić information content (AvgIpc) is 2.62. The minimum atomic E-state index is -0.217. The minimum absolute atomic E-state index is 0.217. The van der Waals surface area contributed by atoms with E-state index >= 15 is 0 Å². The molecule has 0 saturated heterocycles. The van der Waals surface area contributed by atoms with E-state index in [4.69, 9.17) is 0 Å². The lowest BCUT2D eigenvalue weighted by Crippen LogP contribution is -2.32. The first kappa shape index (κ1) is 15.3. The predicted octanol–water partition coefficient (Wildman–Crippen LogP) is 4.30. The van der Waals surface area contributed by atoms with Crippen molar-refractivity contribution in [3.05, 3.63) is 89.6 Å². The third-order valence-corrected chi connectivity index (χ3v) is 4.18. The lowest BCUT2D eigenvalue weighted by Gasteiger charge is -2.29. The Bertz CT molecular complexity index is 731. The molecule has 0 saturated carbocycles. The second-order valence-corrected chi connectivity index (χ2v) is 5.74. The Labute approximate surface area is 137 Å². The first-order valence-electron chi connectivity index (χ1n) is 8.06. The van der Waals surface area contributed by atoms with Crippen LogP contribution in [0.2, 0.25) is 0 Å². The molecule has 0 aromatic heterocycles. The number of aryl methyl sites for hydroxylation is 1. The molecule has 1 atom stereocenters. The summed E-state index contributed by atoms with van der Waals surface area (Å²) in [5.41, 5.74) is 5.00. The van der Waals surface area contributed by atoms with Crippen LogP contribution in [-0.2, 0) is 17.6 Å². The van der Waals surface area contributed by atoms with Crippen molar-refractivity contribution in [1.29, 1.82) is 0 Å². The number of benzene rings is 2. The zero-order chi connectivity index (χ0) is 16.1. The number of anilines is 1. The Balaban J connectivity index is 1.89. The highest BCUT2D eigenvalue weighted by Gasteiger charge is 2.18. The van der Waals surface area contributed by atoms with Gasteiger partial charge in [0.2, 0.25) is 0 Å². The Kier molecular flexibility index (Phi) is 4.72. The van der Waals surface area contributed by atoms with E-state index in [1.54, 1.807) is 0 Å². The van der Waals surface area contributed by atoms with Crippen molar-refractivity contribution in [2.75, 3.05) is 4.90 Å². The highest BCUT2D eigenvalue weighted by molar-refractivity contribution is 5.73. The number of carbonyl (C=O) groups is 1. The molecule has 1 unspecified atom stereocenters. The van der Waals surface area contributed by atoms with Crippen LogP contribution in [0.4, 0.5) is 5.69 Å². The molecule has 0 spiro atoms. The van der Waals surface area contributed by atoms with E-state index in [0.717, 1.165) is 24.8 Å². The van der Waals surface area contributed by atoms with Crippen LogP contribution in [0.25, 0.3) is 0 Å². The number of carbonyl (C=O) groups excluding carboxylic acids is 1. The summed E-state index contributed by atoms with van der Waals surface area (Å²) in [6.07, 6.45) is 10.6. The number of allylic oxidation sites excluding steroid dienone is 2. The molecule has 0 amide bonds. The van der Waals surface area contributed by atoms with Gasteiger partial charge in [0.25, 0.3) is 0 Å². The zero-order valence-electron chi connectivity index (χ0n) is 13.4. The third-order valence-electron chi connectivity index (χ3n) is 4.18. The van der Waals surface area contributed by atoms with Gasteiger partial charge in [0.05, 0.1) is 0 Å². The van der Waals surface area contributed by atoms with Crippen LogP contribution in [0.5, 0.6) is 0 Å². The molecule has 2 nitrogen and oxygen atoms in total. The second kappa shape index (κ2) is 7.10. The Hall–Kier alpha value is -2.61. The van der Waals surface area contributed by atoms with Crippen LogP contribution in [0.1, 0.15) is 23.6 Å². The summed E-state index contributed by atoms with van der Waals surface area (Å²) in [5, 5.41) is 0. The number of hydrogen-bond donors (Lipinski definition) is 0. The highest BCUT2D eigenvalue weighted by atomic mass is 16.1. The largest absolute Gasteiger partial charge is 0.334 e. The average molecular weight is 303 g/mol. The van der Waals surface area contributed by atoms with Gasteiger partial charge in [0.1, 0.15) is 12.3 Å². The van der Waals surface area contributed by atoms with Crippen LogP contribution >= 0.6 is 0 Å². The van der Waals surface area contributed by atoms with Crippen LogP contribution in [0, 0.1) is 0 Å². The van der Waals surface area contributed by atoms with Crippen LogP contribution in [0.3, 0.4) is 0 Å². The Morgan fingerprint density at radius 3 is 2.61 bits per heavy atom. The molecule has 0 aliphatic carbocycles. The van der Waals surface area contributed by atoms with Crippen molar-refractivity contribution in [1.82, 2.24) is 0 Å². The van der Waals surface area contributed by atoms with E-state index in [1.165, 1.54) is 16.7 Å². The first-order chi connectivity index (χ1) is 11.3. The lowest BCUT2D eigenvalue weighted by atomic mass is 9.99. The normalized spacial score (nSPS) is 16.6.